The van der Waals surface area contributed by atoms with E-state index in [1.807, 2.05) is 0 Å². The van der Waals surface area contributed by atoms with Gasteiger partial charge in [-0.3, -0.25) is 29.1 Å². The Labute approximate surface area is 524 Å². The van der Waals surface area contributed by atoms with Crippen LogP contribution in [0.1, 0.15) is 66.5 Å². The number of rotatable bonds is 6. The molecule has 0 spiro atoms. The van der Waals surface area contributed by atoms with Crippen LogP contribution in [0.25, 0.3) is 0 Å². The summed E-state index contributed by atoms with van der Waals surface area (Å²) in [5.74, 6) is -22.4. The molecule has 0 N–H and O–H groups in total. The molecule has 516 valence electrons. The van der Waals surface area contributed by atoms with Crippen molar-refractivity contribution >= 4 is 66.7 Å². The molecule has 18 nitrogen and oxygen atoms in total. The van der Waals surface area contributed by atoms with Crippen molar-refractivity contribution in [2.24, 2.45) is 0 Å². The number of halogens is 26. The van der Waals surface area contributed by atoms with Gasteiger partial charge >= 0.3 is 95.2 Å². The normalized spacial score (nSPS) is 17.0. The van der Waals surface area contributed by atoms with E-state index >= 15 is 0 Å². The topological polar surface area (TPSA) is 279 Å². The molecule has 0 atom stereocenters. The quantitative estimate of drug-likeness (QED) is 0.0654. The molecule has 2 aromatic rings. The number of amidine groups is 2. The number of carbonyl (C=O) groups is 4. The van der Waals surface area contributed by atoms with Gasteiger partial charge in [-0.1, -0.05) is 0 Å². The Kier molecular flexibility index (Phi) is 31.8. The number of hydrogen-bond acceptors (Lipinski definition) is 14. The predicted octanol–water partition coefficient (Wildman–Crippen LogP) is 8.59. The van der Waals surface area contributed by atoms with Crippen molar-refractivity contribution in [2.75, 3.05) is 0 Å². The van der Waals surface area contributed by atoms with E-state index in [9.17, 15) is 165 Å². The fourth-order valence-electron chi connectivity index (χ4n) is 4.89. The Hall–Kier alpha value is -6.40. The number of carbonyl (C=O) groups excluding carboxylic acids is 4. The monoisotopic (exact) mass is 1580 g/mol. The average molecular weight is 1580 g/mol. The smallest absolute Gasteiger partial charge is 0.869 e. The number of hydroxylamine groups is 2. The third kappa shape index (κ3) is 25.7. The second-order valence-electron chi connectivity index (χ2n) is 18.3. The largest absolute Gasteiger partial charge is 1.00 e. The Morgan fingerprint density at radius 2 is 0.556 bits per heavy atom. The van der Waals surface area contributed by atoms with E-state index in [-0.39, 0.29) is 45.8 Å². The van der Waals surface area contributed by atoms with Gasteiger partial charge in [0, 0.05) is 98.9 Å². The van der Waals surface area contributed by atoms with E-state index in [0.29, 0.717) is 11.1 Å². The molecule has 4 rings (SSSR count). The zero-order valence-electron chi connectivity index (χ0n) is 44.8. The summed E-state index contributed by atoms with van der Waals surface area (Å²) in [4.78, 5) is 72.0. The first-order valence-electron chi connectivity index (χ1n) is 21.7. The minimum Gasteiger partial charge on any atom is -0.869 e. The van der Waals surface area contributed by atoms with Crippen LogP contribution in [0.15, 0.2) is 93.2 Å². The maximum atomic E-state index is 12.4. The van der Waals surface area contributed by atoms with Gasteiger partial charge in [0.1, 0.15) is 20.6 Å². The number of aromatic nitrogens is 2. The van der Waals surface area contributed by atoms with Gasteiger partial charge in [-0.25, -0.2) is 0 Å². The molecular weight excluding hydrogens is 1550 g/mol. The molecule has 2 aromatic heterocycles. The van der Waals surface area contributed by atoms with Crippen molar-refractivity contribution < 1.29 is 198 Å². The van der Waals surface area contributed by atoms with Gasteiger partial charge in [-0.15, -0.1) is 9.48 Å². The van der Waals surface area contributed by atoms with Gasteiger partial charge in [0.05, 0.1) is 0 Å². The summed E-state index contributed by atoms with van der Waals surface area (Å²) in [5, 5.41) is 64.0. The van der Waals surface area contributed by atoms with Crippen LogP contribution in [0.4, 0.5) is 105 Å². The predicted molar refractivity (Wildman–Crippen MR) is 244 cm³/mol. The van der Waals surface area contributed by atoms with Crippen LogP contribution >= 0.6 is 31.9 Å². The van der Waals surface area contributed by atoms with Crippen LogP contribution in [0.5, 0.6) is 0 Å². The summed E-state index contributed by atoms with van der Waals surface area (Å²) in [6.07, 6.45) is -41.5. The minimum atomic E-state index is -5.46. The molecule has 2 aliphatic rings. The van der Waals surface area contributed by atoms with E-state index in [4.69, 9.17) is 0 Å². The van der Waals surface area contributed by atoms with Gasteiger partial charge in [-0.05, 0) is 91.3 Å². The molecule has 46 heteroatoms. The Morgan fingerprint density at radius 1 is 0.378 bits per heavy atom. The number of nitrogens with zero attached hydrogens (tertiary/aromatic N) is 6. The third-order valence-electron chi connectivity index (χ3n) is 11.0. The first-order valence-corrected chi connectivity index (χ1v) is 23.3. The Balaban J connectivity index is -0.000000495. The molecule has 0 aliphatic carbocycles. The van der Waals surface area contributed by atoms with Crippen molar-refractivity contribution in [1.29, 1.82) is 0 Å². The maximum absolute atomic E-state index is 12.4. The first kappa shape index (κ1) is 90.0. The van der Waals surface area contributed by atoms with Gasteiger partial charge in [-0.2, -0.15) is 105 Å². The zero-order valence-corrected chi connectivity index (χ0v) is 49.8. The molecular formula is C44H34Br2Cu2F24N6O12. The van der Waals surface area contributed by atoms with E-state index in [1.165, 1.54) is 12.4 Å². The van der Waals surface area contributed by atoms with Crippen LogP contribution in [0.2, 0.25) is 0 Å². The standard InChI is InChI=1S/2C12H15BrN3O2.4C5H2F6O2.2Cu/c2*1-11(2)12(3,4)16(18)10(15(11)17)8-5-9(13)7-14-6-8;4*6-4(7,8)2(12)1-3(13)5(9,10)11;;/h2*5-7H,1-4H3;4*1,12H;;/q2*+1;;;;;2*+1/p-4/b;;4*2-1-;;. The molecule has 0 saturated carbocycles. The van der Waals surface area contributed by atoms with Crippen molar-refractivity contribution in [3.05, 3.63) is 125 Å². The zero-order chi connectivity index (χ0) is 70.9. The van der Waals surface area contributed by atoms with Gasteiger partial charge in [0.2, 0.25) is 11.1 Å². The van der Waals surface area contributed by atoms with Crippen LogP contribution in [0.3, 0.4) is 0 Å². The molecule has 0 saturated heterocycles. The molecule has 0 unspecified atom stereocenters. The number of alkyl halides is 24. The number of nitroso groups, excluding NO2 is 2. The van der Waals surface area contributed by atoms with Crippen molar-refractivity contribution in [3.63, 3.8) is 0 Å². The van der Waals surface area contributed by atoms with Crippen LogP contribution in [-0.2, 0) is 53.3 Å². The molecule has 0 aromatic carbocycles. The second-order valence-corrected chi connectivity index (χ2v) is 20.1. The molecule has 0 radical (unpaired) electrons. The van der Waals surface area contributed by atoms with E-state index in [0.717, 1.165) is 27.9 Å². The number of ketones is 4. The van der Waals surface area contributed by atoms with E-state index in [1.54, 1.807) is 79.9 Å². The summed E-state index contributed by atoms with van der Waals surface area (Å²) < 4.78 is 276. The van der Waals surface area contributed by atoms with Crippen molar-refractivity contribution in [1.82, 2.24) is 9.97 Å². The fourth-order valence-corrected chi connectivity index (χ4v) is 5.62. The minimum absolute atomic E-state index is 0. The summed E-state index contributed by atoms with van der Waals surface area (Å²) in [7, 11) is 0. The fraction of sp³-hybridized carbons (Fsp3) is 0.455. The second kappa shape index (κ2) is 31.8. The first-order chi connectivity index (χ1) is 38.6. The van der Waals surface area contributed by atoms with Gasteiger partial charge in [0.15, 0.2) is 0 Å². The van der Waals surface area contributed by atoms with Crippen LogP contribution in [0, 0.1) is 20.2 Å². The SMILES string of the molecule is CC1(C)[N+](=O)C(c2cncc(Br)c2)=[N+]([O-])C1(C)C.CC1(C)[N+](=O)C(c2cncc(Br)c2)=[N+]([O-])C1(C)C.O=C(/C=C(\[O-])C(F)(F)F)C(F)(F)F.O=C(/C=C(\[O-])C(F)(F)F)C(F)(F)F.O=C(/C=C(\[O-])C(F)(F)F)C(F)(F)F.O=C(/C=C(\[O-])C(F)(F)F)C(F)(F)F.[Cu+].[Cu+]. The number of allylic oxidation sites excluding steroid dienone is 8. The summed E-state index contributed by atoms with van der Waals surface area (Å²) in [6.45, 7) is 14.1. The number of hydrogen-bond donors (Lipinski definition) is 0. The third-order valence-corrected chi connectivity index (χ3v) is 11.9. The molecule has 0 amide bonds. The number of pyridine rings is 2. The van der Waals surface area contributed by atoms with Crippen molar-refractivity contribution in [3.8, 4) is 0 Å². The molecule has 2 aliphatic heterocycles. The maximum Gasteiger partial charge on any atom is 1.00 e. The molecule has 0 bridgehead atoms. The van der Waals surface area contributed by atoms with Crippen molar-refractivity contribution in [2.45, 2.75) is 127 Å². The summed E-state index contributed by atoms with van der Waals surface area (Å²) >= 11 is 6.58. The average Bonchev–Trinajstić information content (AvgIpc) is 1.63. The van der Waals surface area contributed by atoms with E-state index in [2.05, 4.69) is 41.8 Å². The van der Waals surface area contributed by atoms with E-state index < -0.39 is 142 Å². The molecule has 4 heterocycles. The summed E-state index contributed by atoms with van der Waals surface area (Å²) in [5.41, 5.74) is -2.15. The van der Waals surface area contributed by atoms with Crippen LogP contribution < -0.4 is 20.4 Å². The molecule has 90 heavy (non-hydrogen) atoms. The van der Waals surface area contributed by atoms with Crippen LogP contribution in [-0.4, -0.2) is 135 Å². The Bertz CT molecular complexity index is 2830. The molecule has 0 fully saturated rings. The summed E-state index contributed by atoms with van der Waals surface area (Å²) in [6, 6.07) is 3.44. The van der Waals surface area contributed by atoms with Gasteiger partial charge in [0.25, 0.3) is 34.2 Å². The van der Waals surface area contributed by atoms with Gasteiger partial charge < -0.3 is 30.8 Å². The Morgan fingerprint density at radius 3 is 0.678 bits per heavy atom.